The Morgan fingerprint density at radius 3 is 2.20 bits per heavy atom. The van der Waals surface area contributed by atoms with Crippen LogP contribution in [0.1, 0.15) is 47.4 Å². The molecule has 2 heterocycles. The highest BCUT2D eigenvalue weighted by molar-refractivity contribution is 6.07. The highest BCUT2D eigenvalue weighted by Gasteiger charge is 2.48. The molecule has 0 spiro atoms. The predicted molar refractivity (Wildman–Crippen MR) is 119 cm³/mol. The van der Waals surface area contributed by atoms with Crippen molar-refractivity contribution in [2.75, 3.05) is 13.2 Å². The summed E-state index contributed by atoms with van der Waals surface area (Å²) >= 11 is 0. The number of Topliss-reactive ketones (excluding diaryl/α,β-unsaturated/α-hetero) is 1. The van der Waals surface area contributed by atoms with Gasteiger partial charge in [-0.05, 0) is 57.0 Å². The van der Waals surface area contributed by atoms with Gasteiger partial charge in [-0.25, -0.2) is 0 Å². The third kappa shape index (κ3) is 4.96. The van der Waals surface area contributed by atoms with Crippen LogP contribution in [0.15, 0.2) is 30.3 Å². The van der Waals surface area contributed by atoms with E-state index in [9.17, 15) is 28.0 Å². The number of ether oxygens (including phenoxy) is 2. The van der Waals surface area contributed by atoms with Crippen molar-refractivity contribution in [3.05, 3.63) is 47.3 Å². The van der Waals surface area contributed by atoms with Crippen LogP contribution in [0.5, 0.6) is 5.75 Å². The molecule has 1 saturated heterocycles. The van der Waals surface area contributed by atoms with Crippen molar-refractivity contribution in [1.29, 1.82) is 0 Å². The Balaban J connectivity index is 1.38. The number of nitrogens with zero attached hydrogens (tertiary/aromatic N) is 2. The van der Waals surface area contributed by atoms with Crippen molar-refractivity contribution < 1.29 is 37.4 Å². The molecule has 1 aliphatic carbocycles. The number of alkyl halides is 2. The fourth-order valence-corrected chi connectivity index (χ4v) is 5.00. The number of esters is 1. The number of hydrogen-bond donors (Lipinski definition) is 0. The minimum atomic E-state index is -2.92. The van der Waals surface area contributed by atoms with Crippen molar-refractivity contribution in [2.24, 2.45) is 11.8 Å². The number of fused-ring (bicyclic) bond motifs is 1. The van der Waals surface area contributed by atoms with Gasteiger partial charge in [0.2, 0.25) is 17.6 Å². The zero-order valence-corrected chi connectivity index (χ0v) is 19.5. The topological polar surface area (TPSA) is 94.9 Å². The minimum Gasteiger partial charge on any atom is -0.456 e. The Morgan fingerprint density at radius 1 is 1.03 bits per heavy atom. The molecular weight excluding hydrogens is 462 g/mol. The standard InChI is InChI=1S/C25H26F2N2O6/c1-14-11-20(15(2)29(14)16-7-9-17(10-8-16)35-25(26)27)21(30)13-34-22(31)12-28-23(32)18-5-3-4-6-19(18)24(28)33/h7-11,18-19,25H,3-6,12-13H2,1-2H3/t18-,19-/m1/s1. The molecular formula is C25H26F2N2O6. The van der Waals surface area contributed by atoms with Crippen LogP contribution in [-0.2, 0) is 19.1 Å². The number of carbonyl (C=O) groups excluding carboxylic acids is 4. The summed E-state index contributed by atoms with van der Waals surface area (Å²) < 4.78 is 36.0. The maximum absolute atomic E-state index is 12.8. The predicted octanol–water partition coefficient (Wildman–Crippen LogP) is 3.60. The zero-order valence-electron chi connectivity index (χ0n) is 19.5. The quantitative estimate of drug-likeness (QED) is 0.320. The van der Waals surface area contributed by atoms with E-state index in [1.807, 2.05) is 0 Å². The van der Waals surface area contributed by atoms with E-state index in [1.54, 1.807) is 36.6 Å². The number of carbonyl (C=O) groups is 4. The Hall–Kier alpha value is -3.56. The number of likely N-dealkylation sites (tertiary alicyclic amines) is 1. The van der Waals surface area contributed by atoms with Gasteiger partial charge >= 0.3 is 12.6 Å². The van der Waals surface area contributed by atoms with Gasteiger partial charge in [-0.1, -0.05) is 12.8 Å². The lowest BCUT2D eigenvalue weighted by atomic mass is 9.81. The second kappa shape index (κ2) is 9.97. The van der Waals surface area contributed by atoms with Gasteiger partial charge < -0.3 is 14.0 Å². The summed E-state index contributed by atoms with van der Waals surface area (Å²) in [5.41, 5.74) is 2.28. The van der Waals surface area contributed by atoms with Crippen LogP contribution < -0.4 is 4.74 Å². The average molecular weight is 488 g/mol. The van der Waals surface area contributed by atoms with Crippen LogP contribution in [0.25, 0.3) is 5.69 Å². The first-order chi connectivity index (χ1) is 16.7. The summed E-state index contributed by atoms with van der Waals surface area (Å²) in [6.45, 7) is -0.455. The number of aromatic nitrogens is 1. The van der Waals surface area contributed by atoms with Crippen LogP contribution in [-0.4, -0.2) is 52.8 Å². The fraction of sp³-hybridized carbons (Fsp3) is 0.440. The molecule has 2 amide bonds. The summed E-state index contributed by atoms with van der Waals surface area (Å²) in [6, 6.07) is 7.63. The summed E-state index contributed by atoms with van der Waals surface area (Å²) in [7, 11) is 0. The highest BCUT2D eigenvalue weighted by atomic mass is 19.3. The number of aryl methyl sites for hydroxylation is 1. The number of amides is 2. The third-order valence-electron chi connectivity index (χ3n) is 6.64. The molecule has 0 bridgehead atoms. The van der Waals surface area contributed by atoms with E-state index in [2.05, 4.69) is 4.74 Å². The maximum Gasteiger partial charge on any atom is 0.387 e. The lowest BCUT2D eigenvalue weighted by Gasteiger charge is -2.19. The first-order valence-corrected chi connectivity index (χ1v) is 11.5. The molecule has 0 unspecified atom stereocenters. The molecule has 0 radical (unpaired) electrons. The van der Waals surface area contributed by atoms with Crippen molar-refractivity contribution in [3.8, 4) is 11.4 Å². The molecule has 2 aliphatic rings. The normalized spacial score (nSPS) is 19.7. The number of benzene rings is 1. The minimum absolute atomic E-state index is 0.0173. The van der Waals surface area contributed by atoms with Crippen LogP contribution in [0.2, 0.25) is 0 Å². The van der Waals surface area contributed by atoms with Gasteiger partial charge in [0.1, 0.15) is 12.3 Å². The maximum atomic E-state index is 12.8. The van der Waals surface area contributed by atoms with Crippen LogP contribution in [0, 0.1) is 25.7 Å². The summed E-state index contributed by atoms with van der Waals surface area (Å²) in [5, 5.41) is 0. The van der Waals surface area contributed by atoms with Crippen LogP contribution in [0.3, 0.4) is 0 Å². The molecule has 0 N–H and O–H groups in total. The molecule has 1 saturated carbocycles. The van der Waals surface area contributed by atoms with Gasteiger partial charge in [0.15, 0.2) is 6.61 Å². The Kier molecular flexibility index (Phi) is 7.00. The number of rotatable bonds is 8. The van der Waals surface area contributed by atoms with Gasteiger partial charge in [0.25, 0.3) is 0 Å². The molecule has 186 valence electrons. The summed E-state index contributed by atoms with van der Waals surface area (Å²) in [4.78, 5) is 51.1. The Morgan fingerprint density at radius 2 is 1.63 bits per heavy atom. The highest BCUT2D eigenvalue weighted by Crippen LogP contribution is 2.37. The van der Waals surface area contributed by atoms with E-state index in [0.29, 0.717) is 29.8 Å². The van der Waals surface area contributed by atoms with E-state index >= 15 is 0 Å². The van der Waals surface area contributed by atoms with Gasteiger partial charge in [0, 0.05) is 22.6 Å². The number of imide groups is 1. The largest absolute Gasteiger partial charge is 0.456 e. The molecule has 1 aliphatic heterocycles. The summed E-state index contributed by atoms with van der Waals surface area (Å²) in [6.07, 6.45) is 3.08. The molecule has 2 fully saturated rings. The molecule has 10 heteroatoms. The van der Waals surface area contributed by atoms with Gasteiger partial charge in [-0.15, -0.1) is 0 Å². The van der Waals surface area contributed by atoms with Crippen LogP contribution >= 0.6 is 0 Å². The van der Waals surface area contributed by atoms with Gasteiger partial charge in [0.05, 0.1) is 11.8 Å². The van der Waals surface area contributed by atoms with E-state index in [1.165, 1.54) is 12.1 Å². The number of hydrogen-bond acceptors (Lipinski definition) is 6. The second-order valence-electron chi connectivity index (χ2n) is 8.84. The van der Waals surface area contributed by atoms with E-state index in [-0.39, 0.29) is 29.4 Å². The molecule has 2 atom stereocenters. The zero-order chi connectivity index (χ0) is 25.3. The Labute approximate surface area is 200 Å². The van der Waals surface area contributed by atoms with E-state index in [0.717, 1.165) is 23.4 Å². The second-order valence-corrected chi connectivity index (χ2v) is 8.84. The van der Waals surface area contributed by atoms with E-state index < -0.39 is 31.5 Å². The van der Waals surface area contributed by atoms with Crippen molar-refractivity contribution in [1.82, 2.24) is 9.47 Å². The van der Waals surface area contributed by atoms with Crippen molar-refractivity contribution >= 4 is 23.6 Å². The lowest BCUT2D eigenvalue weighted by Crippen LogP contribution is -2.37. The third-order valence-corrected chi connectivity index (χ3v) is 6.64. The Bertz CT molecular complexity index is 1130. The average Bonchev–Trinajstić information content (AvgIpc) is 3.26. The van der Waals surface area contributed by atoms with E-state index in [4.69, 9.17) is 4.74 Å². The monoisotopic (exact) mass is 488 g/mol. The first kappa shape index (κ1) is 24.6. The van der Waals surface area contributed by atoms with Gasteiger partial charge in [-0.3, -0.25) is 24.1 Å². The first-order valence-electron chi connectivity index (χ1n) is 11.5. The smallest absolute Gasteiger partial charge is 0.387 e. The lowest BCUT2D eigenvalue weighted by molar-refractivity contribution is -0.152. The van der Waals surface area contributed by atoms with Gasteiger partial charge in [-0.2, -0.15) is 8.78 Å². The molecule has 8 nitrogen and oxygen atoms in total. The summed E-state index contributed by atoms with van der Waals surface area (Å²) in [5.74, 6) is -2.62. The van der Waals surface area contributed by atoms with Crippen molar-refractivity contribution in [2.45, 2.75) is 46.1 Å². The molecule has 1 aromatic heterocycles. The molecule has 2 aromatic rings. The SMILES string of the molecule is Cc1cc(C(=O)COC(=O)CN2C(=O)[C@@H]3CCCC[C@H]3C2=O)c(C)n1-c1ccc(OC(F)F)cc1. The fourth-order valence-electron chi connectivity index (χ4n) is 5.00. The van der Waals surface area contributed by atoms with Crippen molar-refractivity contribution in [3.63, 3.8) is 0 Å². The molecule has 35 heavy (non-hydrogen) atoms. The molecule has 1 aromatic carbocycles. The molecule has 4 rings (SSSR count). The number of ketones is 1. The van der Waals surface area contributed by atoms with Crippen LogP contribution in [0.4, 0.5) is 8.78 Å². The number of halogens is 2.